The van der Waals surface area contributed by atoms with Gasteiger partial charge in [-0.25, -0.2) is 30.7 Å². The molecule has 2 fully saturated rings. The average Bonchev–Trinajstić information content (AvgIpc) is 3.87. The van der Waals surface area contributed by atoms with E-state index >= 15 is 0 Å². The van der Waals surface area contributed by atoms with E-state index in [-0.39, 0.29) is 72.8 Å². The van der Waals surface area contributed by atoms with Gasteiger partial charge in [-0.3, -0.25) is 14.7 Å². The molecule has 2 aliphatic heterocycles. The van der Waals surface area contributed by atoms with Crippen molar-refractivity contribution in [1.29, 1.82) is 0 Å². The highest BCUT2D eigenvalue weighted by Gasteiger charge is 2.66. The van der Waals surface area contributed by atoms with Gasteiger partial charge in [-0.2, -0.15) is 9.97 Å². The van der Waals surface area contributed by atoms with Crippen molar-refractivity contribution in [3.8, 4) is 5.88 Å². The second-order valence-electron chi connectivity index (χ2n) is 15.9. The summed E-state index contributed by atoms with van der Waals surface area (Å²) in [5.41, 5.74) is 0.416. The van der Waals surface area contributed by atoms with Crippen LogP contribution >= 0.6 is 8.53 Å². The number of carbonyl (C=O) groups is 3. The van der Waals surface area contributed by atoms with Crippen molar-refractivity contribution < 1.29 is 32.9 Å². The molecule has 2 N–H and O–H groups in total. The molecule has 60 heavy (non-hydrogen) atoms. The number of para-hydroxylation sites is 2. The van der Waals surface area contributed by atoms with Crippen molar-refractivity contribution in [2.24, 2.45) is 5.92 Å². The third-order valence-corrected chi connectivity index (χ3v) is 12.3. The van der Waals surface area contributed by atoms with Gasteiger partial charge in [0, 0.05) is 24.0 Å². The minimum absolute atomic E-state index is 0.0346. The van der Waals surface area contributed by atoms with Crippen LogP contribution in [0, 0.1) is 12.5 Å². The smallest absolute Gasteiger partial charge is 0.388 e. The van der Waals surface area contributed by atoms with E-state index in [0.29, 0.717) is 17.8 Å². The summed E-state index contributed by atoms with van der Waals surface area (Å²) < 4.78 is 30.3. The molecule has 6 rings (SSSR count). The molecule has 0 spiro atoms. The standard InChI is InChI=1S/C42H55N10O7P/c1-11-42-24-49(40(54)45-27(4)5)33(34(42)59-60(56-23-22-43-10)52(28(6)7)29(8)9)38(58-42)50-25-44-32-35(50)46-39(47-36(53)26(2)3)48-37(32)57-41(55)51(30-18-14-12-15-19-30)31-20-16-13-17-21-31/h12-21,25-29,33-34,38H,11,22-24H2,1-9H3,(H,45,54)(H,46,47,48,53)/t33-,34+,38-,42+,60?/m1/s1. The van der Waals surface area contributed by atoms with E-state index in [2.05, 4.69) is 57.8 Å². The quantitative estimate of drug-likeness (QED) is 0.0639. The first kappa shape index (κ1) is 44.3. The SMILES string of the molecule is [C-]#[N+]CCOP(O[C@H]1[C@@H]2[C@H](n3cnc4c(OC(=O)N(c5ccccc5)c5ccccc5)nc(NC(=O)C(C)C)nc43)O[C@@]1(CC)CN2C(=O)NC(C)C)N(C(C)C)C(C)C. The van der Waals surface area contributed by atoms with Crippen molar-refractivity contribution in [3.05, 3.63) is 78.4 Å². The number of fused-ring (bicyclic) bond motifs is 3. The number of anilines is 3. The Kier molecular flexibility index (Phi) is 14.0. The Morgan fingerprint density at radius 2 is 1.62 bits per heavy atom. The zero-order valence-electron chi connectivity index (χ0n) is 35.6. The lowest BCUT2D eigenvalue weighted by Gasteiger charge is -2.38. The number of rotatable bonds is 16. The third kappa shape index (κ3) is 9.23. The minimum Gasteiger partial charge on any atom is -0.388 e. The summed E-state index contributed by atoms with van der Waals surface area (Å²) in [6, 6.07) is 17.0. The van der Waals surface area contributed by atoms with Crippen LogP contribution in [0.3, 0.4) is 0 Å². The van der Waals surface area contributed by atoms with Gasteiger partial charge in [-0.05, 0) is 72.2 Å². The van der Waals surface area contributed by atoms with Crippen LogP contribution in [0.15, 0.2) is 67.0 Å². The number of nitrogens with one attached hydrogen (secondary N) is 2. The number of imidazole rings is 1. The number of nitrogens with zero attached hydrogens (tertiary/aromatic N) is 8. The van der Waals surface area contributed by atoms with Gasteiger partial charge < -0.3 is 33.6 Å². The van der Waals surface area contributed by atoms with Crippen molar-refractivity contribution in [3.63, 3.8) is 0 Å². The van der Waals surface area contributed by atoms with Crippen molar-refractivity contribution in [1.82, 2.24) is 34.4 Å². The largest absolute Gasteiger partial charge is 0.425 e. The summed E-state index contributed by atoms with van der Waals surface area (Å²) in [7, 11) is -1.73. The first-order valence-corrected chi connectivity index (χ1v) is 21.5. The molecule has 320 valence electrons. The maximum absolute atomic E-state index is 14.2. The van der Waals surface area contributed by atoms with Crippen LogP contribution in [0.25, 0.3) is 16.0 Å². The van der Waals surface area contributed by atoms with Crippen LogP contribution in [0.2, 0.25) is 0 Å². The fourth-order valence-corrected chi connectivity index (χ4v) is 9.28. The average molecular weight is 843 g/mol. The Balaban J connectivity index is 1.46. The summed E-state index contributed by atoms with van der Waals surface area (Å²) in [6.45, 7) is 25.4. The number of morpholine rings is 1. The predicted octanol–water partition coefficient (Wildman–Crippen LogP) is 7.90. The molecule has 4 heterocycles. The highest BCUT2D eigenvalue weighted by Crippen LogP contribution is 2.57. The second kappa shape index (κ2) is 19.0. The number of aromatic nitrogens is 4. The van der Waals surface area contributed by atoms with Gasteiger partial charge in [0.2, 0.25) is 18.4 Å². The van der Waals surface area contributed by atoms with Crippen LogP contribution in [-0.4, -0.2) is 103 Å². The molecule has 18 heteroatoms. The summed E-state index contributed by atoms with van der Waals surface area (Å²) in [4.78, 5) is 61.9. The van der Waals surface area contributed by atoms with Crippen LogP contribution in [0.1, 0.15) is 75.0 Å². The van der Waals surface area contributed by atoms with Crippen LogP contribution in [-0.2, 0) is 18.6 Å². The third-order valence-electron chi connectivity index (χ3n) is 10.2. The van der Waals surface area contributed by atoms with E-state index in [4.69, 9.17) is 30.1 Å². The normalized spacial score (nSPS) is 20.4. The highest BCUT2D eigenvalue weighted by molar-refractivity contribution is 7.44. The lowest BCUT2D eigenvalue weighted by molar-refractivity contribution is -0.127. The van der Waals surface area contributed by atoms with Gasteiger partial charge in [-0.1, -0.05) is 57.2 Å². The minimum atomic E-state index is -1.73. The molecule has 2 aromatic carbocycles. The number of hydrogen-bond acceptors (Lipinski definition) is 11. The van der Waals surface area contributed by atoms with E-state index in [1.54, 1.807) is 47.6 Å². The molecule has 4 aromatic rings. The molecule has 0 saturated carbocycles. The number of hydrogen-bond donors (Lipinski definition) is 2. The molecule has 0 aliphatic carbocycles. The van der Waals surface area contributed by atoms with Crippen molar-refractivity contribution in [2.45, 2.75) is 111 Å². The molecular formula is C42H55N10O7P. The first-order valence-electron chi connectivity index (χ1n) is 20.3. The van der Waals surface area contributed by atoms with Gasteiger partial charge in [0.25, 0.3) is 14.4 Å². The maximum atomic E-state index is 14.2. The molecule has 5 atom stereocenters. The summed E-state index contributed by atoms with van der Waals surface area (Å²) in [5, 5.41) is 5.80. The molecule has 2 bridgehead atoms. The highest BCUT2D eigenvalue weighted by atomic mass is 31.2. The molecule has 0 radical (unpaired) electrons. The van der Waals surface area contributed by atoms with Gasteiger partial charge in [0.1, 0.15) is 24.4 Å². The van der Waals surface area contributed by atoms with E-state index in [1.165, 1.54) is 11.2 Å². The number of ether oxygens (including phenoxy) is 2. The van der Waals surface area contributed by atoms with Gasteiger partial charge >= 0.3 is 12.1 Å². The Hall–Kier alpha value is -5.24. The molecular weight excluding hydrogens is 787 g/mol. The number of carbonyl (C=O) groups excluding carboxylic acids is 3. The van der Waals surface area contributed by atoms with Crippen molar-refractivity contribution in [2.75, 3.05) is 29.9 Å². The Bertz CT molecular complexity index is 2120. The first-order chi connectivity index (χ1) is 28.7. The Morgan fingerprint density at radius 1 is 0.983 bits per heavy atom. The molecule has 2 aliphatic rings. The van der Waals surface area contributed by atoms with Crippen LogP contribution in [0.4, 0.5) is 26.9 Å². The van der Waals surface area contributed by atoms with E-state index in [1.807, 2.05) is 57.2 Å². The zero-order valence-corrected chi connectivity index (χ0v) is 36.5. The topological polar surface area (TPSA) is 170 Å². The summed E-state index contributed by atoms with van der Waals surface area (Å²) in [5.74, 6) is -1.09. The van der Waals surface area contributed by atoms with Gasteiger partial charge in [-0.15, -0.1) is 0 Å². The Labute approximate surface area is 352 Å². The Morgan fingerprint density at radius 3 is 2.17 bits per heavy atom. The van der Waals surface area contributed by atoms with E-state index in [0.717, 1.165) is 0 Å². The molecule has 2 saturated heterocycles. The number of urea groups is 1. The number of likely N-dealkylation sites (tertiary alicyclic amines) is 1. The fourth-order valence-electron chi connectivity index (χ4n) is 7.48. The zero-order chi connectivity index (χ0) is 43.3. The van der Waals surface area contributed by atoms with Gasteiger partial charge in [0.15, 0.2) is 17.4 Å². The molecule has 2 aromatic heterocycles. The van der Waals surface area contributed by atoms with Crippen LogP contribution in [0.5, 0.6) is 5.88 Å². The molecule has 4 amide bonds. The van der Waals surface area contributed by atoms with Gasteiger partial charge in [0.05, 0.1) is 24.2 Å². The summed E-state index contributed by atoms with van der Waals surface area (Å²) >= 11 is 0. The number of amides is 4. The van der Waals surface area contributed by atoms with E-state index < -0.39 is 44.5 Å². The lowest BCUT2D eigenvalue weighted by Crippen LogP contribution is -2.52. The number of benzene rings is 2. The van der Waals surface area contributed by atoms with Crippen LogP contribution < -0.4 is 20.3 Å². The fraction of sp³-hybridized carbons (Fsp3) is 0.500. The van der Waals surface area contributed by atoms with Crippen molar-refractivity contribution >= 4 is 55.0 Å². The summed E-state index contributed by atoms with van der Waals surface area (Å²) in [6.07, 6.45) is -0.396. The molecule has 1 unspecified atom stereocenters. The maximum Gasteiger partial charge on any atom is 0.425 e. The predicted molar refractivity (Wildman–Crippen MR) is 228 cm³/mol. The lowest BCUT2D eigenvalue weighted by atomic mass is 9.96. The second-order valence-corrected chi connectivity index (χ2v) is 17.3. The molecule has 17 nitrogen and oxygen atoms in total. The monoisotopic (exact) mass is 842 g/mol. The van der Waals surface area contributed by atoms with E-state index in [9.17, 15) is 14.4 Å².